The predicted octanol–water partition coefficient (Wildman–Crippen LogP) is 2.33. The van der Waals surface area contributed by atoms with Gasteiger partial charge in [-0.2, -0.15) is 0 Å². The summed E-state index contributed by atoms with van der Waals surface area (Å²) in [6.07, 6.45) is 4.34. The molecule has 0 aliphatic rings. The first-order valence-corrected chi connectivity index (χ1v) is 5.52. The summed E-state index contributed by atoms with van der Waals surface area (Å²) in [4.78, 5) is 16.8. The Balaban J connectivity index is 2.98. The normalized spacial score (nSPS) is 11.1. The van der Waals surface area contributed by atoms with E-state index in [0.717, 1.165) is 23.0 Å². The van der Waals surface area contributed by atoms with Gasteiger partial charge in [0.15, 0.2) is 0 Å². The van der Waals surface area contributed by atoms with Crippen LogP contribution in [0.1, 0.15) is 25.0 Å². The molecular weight excluding hydrogens is 216 g/mol. The quantitative estimate of drug-likeness (QED) is 0.812. The van der Waals surface area contributed by atoms with Gasteiger partial charge in [0.05, 0.1) is 0 Å². The molecule has 0 radical (unpaired) electrons. The van der Waals surface area contributed by atoms with Crippen molar-refractivity contribution >= 4 is 17.9 Å². The van der Waals surface area contributed by atoms with E-state index in [1.165, 1.54) is 0 Å². The summed E-state index contributed by atoms with van der Waals surface area (Å²) in [5.74, 6) is -0.0292. The van der Waals surface area contributed by atoms with Crippen molar-refractivity contribution in [1.29, 1.82) is 0 Å². The molecule has 1 aromatic heterocycles. The summed E-state index contributed by atoms with van der Waals surface area (Å²) >= 11 is 0. The zero-order valence-electron chi connectivity index (χ0n) is 10.6. The third kappa shape index (κ3) is 3.59. The molecule has 1 rings (SSSR count). The second kappa shape index (κ2) is 5.48. The van der Waals surface area contributed by atoms with Crippen LogP contribution < -0.4 is 4.90 Å². The third-order valence-corrected chi connectivity index (χ3v) is 2.60. The van der Waals surface area contributed by atoms with Crippen LogP contribution in [0, 0.1) is 6.92 Å². The molecule has 17 heavy (non-hydrogen) atoms. The van der Waals surface area contributed by atoms with E-state index in [1.54, 1.807) is 12.3 Å². The maximum absolute atomic E-state index is 10.4. The van der Waals surface area contributed by atoms with Gasteiger partial charge >= 0.3 is 5.97 Å². The number of hydrogen-bond donors (Lipinski definition) is 1. The molecule has 92 valence electrons. The second-order valence-electron chi connectivity index (χ2n) is 4.29. The Labute approximate surface area is 102 Å². The van der Waals surface area contributed by atoms with Crippen molar-refractivity contribution in [2.75, 3.05) is 11.9 Å². The van der Waals surface area contributed by atoms with Gasteiger partial charge in [-0.15, -0.1) is 0 Å². The molecule has 0 spiro atoms. The van der Waals surface area contributed by atoms with Crippen molar-refractivity contribution in [3.05, 3.63) is 29.5 Å². The Morgan fingerprint density at radius 3 is 2.65 bits per heavy atom. The minimum atomic E-state index is -0.953. The van der Waals surface area contributed by atoms with Gasteiger partial charge in [-0.1, -0.05) is 0 Å². The smallest absolute Gasteiger partial charge is 0.328 e. The lowest BCUT2D eigenvalue weighted by atomic mass is 10.1. The minimum absolute atomic E-state index is 0.376. The van der Waals surface area contributed by atoms with E-state index in [0.29, 0.717) is 6.04 Å². The Kier molecular flexibility index (Phi) is 4.26. The summed E-state index contributed by atoms with van der Waals surface area (Å²) in [6.45, 7) is 6.16. The van der Waals surface area contributed by atoms with Gasteiger partial charge in [-0.05, 0) is 44.0 Å². The molecule has 0 saturated carbocycles. The number of aromatic nitrogens is 1. The number of nitrogens with zero attached hydrogens (tertiary/aromatic N) is 2. The van der Waals surface area contributed by atoms with Gasteiger partial charge in [0, 0.05) is 25.4 Å². The Morgan fingerprint density at radius 2 is 2.18 bits per heavy atom. The van der Waals surface area contributed by atoms with Crippen molar-refractivity contribution in [3.8, 4) is 0 Å². The fourth-order valence-corrected chi connectivity index (χ4v) is 1.46. The Morgan fingerprint density at radius 1 is 1.53 bits per heavy atom. The Bertz CT molecular complexity index is 439. The predicted molar refractivity (Wildman–Crippen MR) is 69.2 cm³/mol. The number of aliphatic carboxylic acids is 1. The van der Waals surface area contributed by atoms with Gasteiger partial charge in [0.2, 0.25) is 0 Å². The number of aryl methyl sites for hydroxylation is 1. The first-order valence-electron chi connectivity index (χ1n) is 5.52. The number of hydrogen-bond acceptors (Lipinski definition) is 3. The van der Waals surface area contributed by atoms with Gasteiger partial charge in [0.25, 0.3) is 0 Å². The molecule has 0 aliphatic heterocycles. The van der Waals surface area contributed by atoms with Gasteiger partial charge in [0.1, 0.15) is 5.82 Å². The number of pyridine rings is 1. The van der Waals surface area contributed by atoms with E-state index < -0.39 is 5.97 Å². The molecule has 0 fully saturated rings. The van der Waals surface area contributed by atoms with Crippen LogP contribution in [0.3, 0.4) is 0 Å². The van der Waals surface area contributed by atoms with Crippen LogP contribution in [0.15, 0.2) is 18.3 Å². The lowest BCUT2D eigenvalue weighted by molar-refractivity contribution is -0.131. The number of carboxylic acids is 1. The summed E-state index contributed by atoms with van der Waals surface area (Å²) in [7, 11) is 1.99. The fourth-order valence-electron chi connectivity index (χ4n) is 1.46. The molecule has 1 aromatic rings. The SMILES string of the molecule is Cc1cc(/C=C/C(=O)O)cnc1N(C)C(C)C. The minimum Gasteiger partial charge on any atom is -0.478 e. The van der Waals surface area contributed by atoms with Crippen molar-refractivity contribution < 1.29 is 9.90 Å². The summed E-state index contributed by atoms with van der Waals surface area (Å²) in [5.41, 5.74) is 1.83. The number of carbonyl (C=O) groups is 1. The van der Waals surface area contributed by atoms with E-state index in [4.69, 9.17) is 5.11 Å². The van der Waals surface area contributed by atoms with Gasteiger partial charge in [-0.25, -0.2) is 9.78 Å². The van der Waals surface area contributed by atoms with Crippen molar-refractivity contribution in [1.82, 2.24) is 4.98 Å². The van der Waals surface area contributed by atoms with Crippen LogP contribution in [0.2, 0.25) is 0 Å². The Hall–Kier alpha value is -1.84. The van der Waals surface area contributed by atoms with Gasteiger partial charge < -0.3 is 10.0 Å². The van der Waals surface area contributed by atoms with Crippen molar-refractivity contribution in [2.45, 2.75) is 26.8 Å². The summed E-state index contributed by atoms with van der Waals surface area (Å²) < 4.78 is 0. The molecule has 0 aliphatic carbocycles. The molecule has 0 atom stereocenters. The maximum atomic E-state index is 10.4. The molecular formula is C13H18N2O2. The van der Waals surface area contributed by atoms with Crippen LogP contribution in [-0.2, 0) is 4.79 Å². The largest absolute Gasteiger partial charge is 0.478 e. The molecule has 1 heterocycles. The number of anilines is 1. The van der Waals surface area contributed by atoms with E-state index in [-0.39, 0.29) is 0 Å². The first-order chi connectivity index (χ1) is 7.91. The average Bonchev–Trinajstić information content (AvgIpc) is 2.25. The molecule has 0 saturated heterocycles. The second-order valence-corrected chi connectivity index (χ2v) is 4.29. The molecule has 1 N–H and O–H groups in total. The van der Waals surface area contributed by atoms with E-state index in [2.05, 4.69) is 23.7 Å². The van der Waals surface area contributed by atoms with Crippen molar-refractivity contribution in [2.24, 2.45) is 0 Å². The van der Waals surface area contributed by atoms with Crippen LogP contribution in [0.25, 0.3) is 6.08 Å². The maximum Gasteiger partial charge on any atom is 0.328 e. The van der Waals surface area contributed by atoms with E-state index in [9.17, 15) is 4.79 Å². The molecule has 4 nitrogen and oxygen atoms in total. The average molecular weight is 234 g/mol. The molecule has 0 aromatic carbocycles. The number of rotatable bonds is 4. The highest BCUT2D eigenvalue weighted by atomic mass is 16.4. The standard InChI is InChI=1S/C13H18N2O2/c1-9(2)15(4)13-10(3)7-11(8-14-13)5-6-12(16)17/h5-9H,1-4H3,(H,16,17)/b6-5+. The highest BCUT2D eigenvalue weighted by Gasteiger charge is 2.09. The monoisotopic (exact) mass is 234 g/mol. The van der Waals surface area contributed by atoms with Crippen LogP contribution in [0.5, 0.6) is 0 Å². The highest BCUT2D eigenvalue weighted by molar-refractivity contribution is 5.85. The van der Waals surface area contributed by atoms with Crippen LogP contribution >= 0.6 is 0 Å². The topological polar surface area (TPSA) is 53.4 Å². The molecule has 4 heteroatoms. The summed E-state index contributed by atoms with van der Waals surface area (Å²) in [6, 6.07) is 2.31. The molecule has 0 bridgehead atoms. The van der Waals surface area contributed by atoms with Gasteiger partial charge in [-0.3, -0.25) is 0 Å². The summed E-state index contributed by atoms with van der Waals surface area (Å²) in [5, 5.41) is 8.54. The lowest BCUT2D eigenvalue weighted by Gasteiger charge is -2.24. The zero-order chi connectivity index (χ0) is 13.0. The van der Waals surface area contributed by atoms with Crippen LogP contribution in [0.4, 0.5) is 5.82 Å². The number of carboxylic acid groups (broad SMARTS) is 1. The highest BCUT2D eigenvalue weighted by Crippen LogP contribution is 2.19. The molecule has 0 amide bonds. The van der Waals surface area contributed by atoms with E-state index in [1.807, 2.05) is 20.0 Å². The van der Waals surface area contributed by atoms with Crippen molar-refractivity contribution in [3.63, 3.8) is 0 Å². The first kappa shape index (κ1) is 13.2. The zero-order valence-corrected chi connectivity index (χ0v) is 10.6. The third-order valence-electron chi connectivity index (χ3n) is 2.60. The van der Waals surface area contributed by atoms with Crippen LogP contribution in [-0.4, -0.2) is 29.1 Å². The lowest BCUT2D eigenvalue weighted by Crippen LogP contribution is -2.27. The van der Waals surface area contributed by atoms with E-state index >= 15 is 0 Å². The fraction of sp³-hybridized carbons (Fsp3) is 0.385. The molecule has 0 unspecified atom stereocenters.